The number of carbonyl (C=O) groups is 1. The van der Waals surface area contributed by atoms with Crippen LogP contribution in [0.5, 0.6) is 0 Å². The molecule has 0 unspecified atom stereocenters. The van der Waals surface area contributed by atoms with Crippen LogP contribution in [0.15, 0.2) is 23.1 Å². The van der Waals surface area contributed by atoms with Crippen LogP contribution in [0.2, 0.25) is 0 Å². The SMILES string of the molecule is CCn1c(CCC(=O)N[C@@H]2C[C@H]3C[C@H]2[C@H]2CCC[C@@H]32)nc2cc(S(=O)(=O)N(C)C)ccc21. The summed E-state index contributed by atoms with van der Waals surface area (Å²) >= 11 is 0. The summed E-state index contributed by atoms with van der Waals surface area (Å²) in [5.74, 6) is 4.24. The Kier molecular flexibility index (Phi) is 5.56. The number of benzene rings is 1. The first-order valence-electron chi connectivity index (χ1n) is 12.0. The number of sulfonamides is 1. The summed E-state index contributed by atoms with van der Waals surface area (Å²) in [6.45, 7) is 2.77. The number of aromatic nitrogens is 2. The monoisotopic (exact) mass is 458 g/mol. The number of fused-ring (bicyclic) bond motifs is 6. The van der Waals surface area contributed by atoms with Gasteiger partial charge in [0.2, 0.25) is 15.9 Å². The van der Waals surface area contributed by atoms with E-state index in [2.05, 4.69) is 9.88 Å². The molecular formula is C24H34N4O3S. The second-order valence-electron chi connectivity index (χ2n) is 10.0. The molecule has 0 radical (unpaired) electrons. The fourth-order valence-electron chi connectivity index (χ4n) is 6.81. The number of amides is 1. The molecule has 1 aromatic carbocycles. The predicted octanol–water partition coefficient (Wildman–Crippen LogP) is 3.18. The van der Waals surface area contributed by atoms with E-state index in [9.17, 15) is 13.2 Å². The van der Waals surface area contributed by atoms with E-state index in [-0.39, 0.29) is 10.8 Å². The minimum absolute atomic E-state index is 0.114. The average molecular weight is 459 g/mol. The standard InChI is InChI=1S/C24H34N4O3S/c1-4-28-22-9-8-16(32(30,31)27(2)3)14-21(22)25-23(28)10-11-24(29)26-20-13-15-12-19(20)18-7-5-6-17(15)18/h8-9,14-15,17-20H,4-7,10-13H2,1-3H3,(H,26,29)/t15-,17+,18+,19+,20-/m1/s1. The summed E-state index contributed by atoms with van der Waals surface area (Å²) in [6.07, 6.45) is 7.55. The molecule has 3 aliphatic rings. The molecule has 7 nitrogen and oxygen atoms in total. The topological polar surface area (TPSA) is 84.3 Å². The molecule has 1 aromatic heterocycles. The number of hydrogen-bond donors (Lipinski definition) is 1. The highest BCUT2D eigenvalue weighted by atomic mass is 32.2. The summed E-state index contributed by atoms with van der Waals surface area (Å²) in [7, 11) is -0.458. The highest BCUT2D eigenvalue weighted by molar-refractivity contribution is 7.89. The minimum Gasteiger partial charge on any atom is -0.353 e. The third-order valence-corrected chi connectivity index (χ3v) is 10.1. The van der Waals surface area contributed by atoms with E-state index < -0.39 is 10.0 Å². The quantitative estimate of drug-likeness (QED) is 0.691. The number of aryl methyl sites for hydroxylation is 2. The van der Waals surface area contributed by atoms with Crippen LogP contribution in [0.3, 0.4) is 0 Å². The zero-order chi connectivity index (χ0) is 22.6. The zero-order valence-corrected chi connectivity index (χ0v) is 20.1. The van der Waals surface area contributed by atoms with Gasteiger partial charge in [0.25, 0.3) is 0 Å². The first kappa shape index (κ1) is 21.9. The van der Waals surface area contributed by atoms with E-state index in [0.29, 0.717) is 30.3 Å². The molecule has 1 heterocycles. The van der Waals surface area contributed by atoms with Crippen LogP contribution in [0.25, 0.3) is 11.0 Å². The van der Waals surface area contributed by atoms with Crippen molar-refractivity contribution in [3.63, 3.8) is 0 Å². The lowest BCUT2D eigenvalue weighted by molar-refractivity contribution is -0.122. The molecule has 0 saturated heterocycles. The number of rotatable bonds is 7. The van der Waals surface area contributed by atoms with Crippen molar-refractivity contribution < 1.29 is 13.2 Å². The number of nitrogens with one attached hydrogen (secondary N) is 1. The third kappa shape index (κ3) is 3.55. The Labute approximate surface area is 190 Å². The predicted molar refractivity (Wildman–Crippen MR) is 124 cm³/mol. The van der Waals surface area contributed by atoms with Gasteiger partial charge in [-0.25, -0.2) is 17.7 Å². The first-order valence-corrected chi connectivity index (χ1v) is 13.4. The highest BCUT2D eigenvalue weighted by Crippen LogP contribution is 2.58. The fourth-order valence-corrected chi connectivity index (χ4v) is 7.74. The van der Waals surface area contributed by atoms with Gasteiger partial charge in [-0.1, -0.05) is 6.42 Å². The van der Waals surface area contributed by atoms with Gasteiger partial charge in [0.1, 0.15) is 5.82 Å². The Morgan fingerprint density at radius 2 is 1.97 bits per heavy atom. The van der Waals surface area contributed by atoms with E-state index in [1.165, 1.54) is 44.1 Å². The maximum absolute atomic E-state index is 12.8. The van der Waals surface area contributed by atoms with Crippen LogP contribution in [0.1, 0.15) is 51.3 Å². The molecular weight excluding hydrogens is 424 g/mol. The summed E-state index contributed by atoms with van der Waals surface area (Å²) in [4.78, 5) is 17.7. The van der Waals surface area contributed by atoms with Crippen molar-refractivity contribution in [1.29, 1.82) is 0 Å². The van der Waals surface area contributed by atoms with E-state index in [0.717, 1.165) is 42.1 Å². The molecule has 0 aliphatic heterocycles. The van der Waals surface area contributed by atoms with E-state index in [4.69, 9.17) is 4.98 Å². The third-order valence-electron chi connectivity index (χ3n) is 8.24. The van der Waals surface area contributed by atoms with Crippen LogP contribution in [-0.4, -0.2) is 48.3 Å². The Bertz CT molecular complexity index is 1140. The number of imidazole rings is 1. The molecule has 2 bridgehead atoms. The minimum atomic E-state index is -3.51. The van der Waals surface area contributed by atoms with Gasteiger partial charge in [-0.15, -0.1) is 0 Å². The lowest BCUT2D eigenvalue weighted by Crippen LogP contribution is -2.42. The zero-order valence-electron chi connectivity index (χ0n) is 19.3. The summed E-state index contributed by atoms with van der Waals surface area (Å²) in [5.41, 5.74) is 1.56. The van der Waals surface area contributed by atoms with Gasteiger partial charge in [0.15, 0.2) is 0 Å². The molecule has 1 N–H and O–H groups in total. The largest absolute Gasteiger partial charge is 0.353 e. The summed E-state index contributed by atoms with van der Waals surface area (Å²) < 4.78 is 28.2. The van der Waals surface area contributed by atoms with E-state index in [1.54, 1.807) is 12.1 Å². The fraction of sp³-hybridized carbons (Fsp3) is 0.667. The lowest BCUT2D eigenvalue weighted by Gasteiger charge is -2.32. The highest BCUT2D eigenvalue weighted by Gasteiger charge is 2.53. The Balaban J connectivity index is 1.27. The maximum atomic E-state index is 12.8. The van der Waals surface area contributed by atoms with Crippen molar-refractivity contribution in [3.05, 3.63) is 24.0 Å². The molecule has 1 amide bonds. The van der Waals surface area contributed by atoms with Crippen LogP contribution in [0.4, 0.5) is 0 Å². The lowest BCUT2D eigenvalue weighted by atomic mass is 9.79. The number of carbonyl (C=O) groups excluding carboxylic acids is 1. The maximum Gasteiger partial charge on any atom is 0.242 e. The van der Waals surface area contributed by atoms with Gasteiger partial charge in [-0.05, 0) is 74.5 Å². The second kappa shape index (κ2) is 8.13. The Morgan fingerprint density at radius 1 is 1.19 bits per heavy atom. The molecule has 5 rings (SSSR count). The van der Waals surface area contributed by atoms with Crippen molar-refractivity contribution in [1.82, 2.24) is 19.2 Å². The van der Waals surface area contributed by atoms with Crippen molar-refractivity contribution in [2.45, 2.75) is 69.4 Å². The first-order chi connectivity index (χ1) is 15.3. The van der Waals surface area contributed by atoms with Crippen LogP contribution in [0, 0.1) is 23.7 Å². The smallest absolute Gasteiger partial charge is 0.242 e. The average Bonchev–Trinajstić information content (AvgIpc) is 3.51. The normalized spacial score (nSPS) is 29.2. The molecule has 0 spiro atoms. The van der Waals surface area contributed by atoms with Crippen molar-refractivity contribution in [2.75, 3.05) is 14.1 Å². The molecule has 8 heteroatoms. The number of nitrogens with zero attached hydrogens (tertiary/aromatic N) is 3. The molecule has 3 aliphatic carbocycles. The molecule has 5 atom stereocenters. The van der Waals surface area contributed by atoms with Gasteiger partial charge in [0.05, 0.1) is 15.9 Å². The molecule has 174 valence electrons. The Morgan fingerprint density at radius 3 is 2.72 bits per heavy atom. The van der Waals surface area contributed by atoms with Gasteiger partial charge in [-0.3, -0.25) is 4.79 Å². The van der Waals surface area contributed by atoms with E-state index >= 15 is 0 Å². The molecule has 2 aromatic rings. The van der Waals surface area contributed by atoms with Gasteiger partial charge < -0.3 is 9.88 Å². The second-order valence-corrected chi connectivity index (χ2v) is 12.2. The van der Waals surface area contributed by atoms with Crippen LogP contribution < -0.4 is 5.32 Å². The summed E-state index contributed by atoms with van der Waals surface area (Å²) in [6, 6.07) is 5.44. The molecule has 3 saturated carbocycles. The molecule has 3 fully saturated rings. The van der Waals surface area contributed by atoms with Gasteiger partial charge in [0, 0.05) is 39.5 Å². The van der Waals surface area contributed by atoms with E-state index in [1.807, 2.05) is 13.0 Å². The van der Waals surface area contributed by atoms with Crippen molar-refractivity contribution >= 4 is 27.0 Å². The van der Waals surface area contributed by atoms with Gasteiger partial charge in [-0.2, -0.15) is 0 Å². The van der Waals surface area contributed by atoms with Crippen molar-refractivity contribution in [2.24, 2.45) is 23.7 Å². The van der Waals surface area contributed by atoms with Crippen LogP contribution in [-0.2, 0) is 27.8 Å². The Hall–Kier alpha value is -1.93. The summed E-state index contributed by atoms with van der Waals surface area (Å²) in [5, 5.41) is 3.35. The number of hydrogen-bond acceptors (Lipinski definition) is 4. The van der Waals surface area contributed by atoms with Crippen LogP contribution >= 0.6 is 0 Å². The van der Waals surface area contributed by atoms with Gasteiger partial charge >= 0.3 is 0 Å². The molecule has 32 heavy (non-hydrogen) atoms. The van der Waals surface area contributed by atoms with Crippen molar-refractivity contribution in [3.8, 4) is 0 Å².